The lowest BCUT2D eigenvalue weighted by molar-refractivity contribution is 0.627. The summed E-state index contributed by atoms with van der Waals surface area (Å²) in [5, 5.41) is 13.7. The SMILES string of the molecule is Cc1nn2c(nnc3c(=O)n(-c4ccc(F)cc4)ccc32)c1-c1ccc(Cl)cc1. The number of benzene rings is 2. The molecule has 0 saturated carbocycles. The maximum absolute atomic E-state index is 13.2. The first-order chi connectivity index (χ1) is 14.0. The Labute approximate surface area is 168 Å². The average Bonchev–Trinajstić information content (AvgIpc) is 3.06. The lowest BCUT2D eigenvalue weighted by Crippen LogP contribution is -2.20. The van der Waals surface area contributed by atoms with Crippen LogP contribution in [0.2, 0.25) is 5.02 Å². The zero-order valence-corrected chi connectivity index (χ0v) is 15.9. The van der Waals surface area contributed by atoms with Crippen molar-refractivity contribution in [1.82, 2.24) is 24.4 Å². The van der Waals surface area contributed by atoms with Gasteiger partial charge in [0.15, 0.2) is 11.2 Å². The third kappa shape index (κ3) is 2.78. The number of pyridine rings is 1. The molecular weight excluding hydrogens is 393 g/mol. The highest BCUT2D eigenvalue weighted by atomic mass is 35.5. The Morgan fingerprint density at radius 2 is 1.69 bits per heavy atom. The van der Waals surface area contributed by atoms with Gasteiger partial charge in [0.1, 0.15) is 11.3 Å². The fraction of sp³-hybridized carbons (Fsp3) is 0.0476. The van der Waals surface area contributed by atoms with Crippen molar-refractivity contribution in [2.45, 2.75) is 6.92 Å². The number of nitrogens with zero attached hydrogens (tertiary/aromatic N) is 5. The number of halogens is 2. The Bertz CT molecular complexity index is 1440. The van der Waals surface area contributed by atoms with Crippen LogP contribution in [0.3, 0.4) is 0 Å². The molecule has 0 radical (unpaired) electrons. The predicted molar refractivity (Wildman–Crippen MR) is 109 cm³/mol. The van der Waals surface area contributed by atoms with Crippen molar-refractivity contribution in [3.63, 3.8) is 0 Å². The van der Waals surface area contributed by atoms with Gasteiger partial charge in [0.05, 0.1) is 11.3 Å². The maximum Gasteiger partial charge on any atom is 0.285 e. The average molecular weight is 406 g/mol. The van der Waals surface area contributed by atoms with Crippen LogP contribution < -0.4 is 5.56 Å². The quantitative estimate of drug-likeness (QED) is 0.441. The molecule has 0 atom stereocenters. The molecule has 0 spiro atoms. The summed E-state index contributed by atoms with van der Waals surface area (Å²) in [7, 11) is 0. The lowest BCUT2D eigenvalue weighted by atomic mass is 10.1. The highest BCUT2D eigenvalue weighted by Crippen LogP contribution is 2.29. The predicted octanol–water partition coefficient (Wildman–Crippen LogP) is 4.20. The van der Waals surface area contributed by atoms with E-state index in [0.29, 0.717) is 21.9 Å². The van der Waals surface area contributed by atoms with Gasteiger partial charge in [0.2, 0.25) is 0 Å². The van der Waals surface area contributed by atoms with E-state index in [1.54, 1.807) is 28.9 Å². The number of aryl methyl sites for hydroxylation is 1. The molecule has 8 heteroatoms. The van der Waals surface area contributed by atoms with Crippen molar-refractivity contribution in [2.75, 3.05) is 0 Å². The molecule has 0 bridgehead atoms. The minimum Gasteiger partial charge on any atom is -0.282 e. The van der Waals surface area contributed by atoms with Crippen molar-refractivity contribution in [3.05, 3.63) is 87.7 Å². The number of aromatic nitrogens is 5. The molecule has 0 aliphatic rings. The van der Waals surface area contributed by atoms with Crippen LogP contribution in [-0.4, -0.2) is 24.4 Å². The minimum absolute atomic E-state index is 0.175. The molecule has 0 aliphatic carbocycles. The third-order valence-corrected chi connectivity index (χ3v) is 5.04. The molecule has 0 aliphatic heterocycles. The van der Waals surface area contributed by atoms with Crippen LogP contribution in [0.5, 0.6) is 0 Å². The van der Waals surface area contributed by atoms with Gasteiger partial charge in [-0.25, -0.2) is 8.91 Å². The molecule has 0 fully saturated rings. The largest absolute Gasteiger partial charge is 0.285 e. The third-order valence-electron chi connectivity index (χ3n) is 4.79. The topological polar surface area (TPSA) is 65.1 Å². The van der Waals surface area contributed by atoms with Gasteiger partial charge in [-0.15, -0.1) is 10.2 Å². The number of fused-ring (bicyclic) bond motifs is 3. The first kappa shape index (κ1) is 17.5. The molecule has 5 aromatic rings. The summed E-state index contributed by atoms with van der Waals surface area (Å²) in [6.07, 6.45) is 1.62. The number of hydrogen-bond acceptors (Lipinski definition) is 4. The van der Waals surface area contributed by atoms with E-state index in [2.05, 4.69) is 15.3 Å². The number of hydrogen-bond donors (Lipinski definition) is 0. The molecule has 29 heavy (non-hydrogen) atoms. The van der Waals surface area contributed by atoms with Crippen LogP contribution in [0, 0.1) is 12.7 Å². The Morgan fingerprint density at radius 1 is 0.966 bits per heavy atom. The maximum atomic E-state index is 13.2. The van der Waals surface area contributed by atoms with Crippen LogP contribution in [-0.2, 0) is 0 Å². The van der Waals surface area contributed by atoms with Gasteiger partial charge in [-0.3, -0.25) is 9.36 Å². The molecular formula is C21H13ClFN5O. The smallest absolute Gasteiger partial charge is 0.282 e. The summed E-state index contributed by atoms with van der Waals surface area (Å²) >= 11 is 5.99. The van der Waals surface area contributed by atoms with E-state index < -0.39 is 0 Å². The van der Waals surface area contributed by atoms with Crippen molar-refractivity contribution < 1.29 is 4.39 Å². The van der Waals surface area contributed by atoms with Crippen molar-refractivity contribution in [3.8, 4) is 16.8 Å². The Kier molecular flexibility index (Phi) is 3.92. The van der Waals surface area contributed by atoms with Gasteiger partial charge in [0, 0.05) is 16.9 Å². The first-order valence-electron chi connectivity index (χ1n) is 8.82. The normalized spacial score (nSPS) is 11.4. The Balaban J connectivity index is 1.75. The van der Waals surface area contributed by atoms with Crippen LogP contribution in [0.15, 0.2) is 65.6 Å². The van der Waals surface area contributed by atoms with Gasteiger partial charge in [-0.2, -0.15) is 5.10 Å². The molecule has 3 heterocycles. The molecule has 5 rings (SSSR count). The molecule has 0 amide bonds. The standard InChI is InChI=1S/C21H13ClFN5O/c1-12-18(13-2-4-14(22)5-3-13)20-25-24-19-17(28(20)26-12)10-11-27(21(19)29)16-8-6-15(23)7-9-16/h2-11H,1H3. The molecule has 0 N–H and O–H groups in total. The van der Waals surface area contributed by atoms with E-state index in [9.17, 15) is 9.18 Å². The van der Waals surface area contributed by atoms with Crippen molar-refractivity contribution >= 4 is 28.3 Å². The van der Waals surface area contributed by atoms with Crippen molar-refractivity contribution in [1.29, 1.82) is 0 Å². The van der Waals surface area contributed by atoms with Gasteiger partial charge in [0.25, 0.3) is 5.56 Å². The van der Waals surface area contributed by atoms with Gasteiger partial charge < -0.3 is 0 Å². The molecule has 6 nitrogen and oxygen atoms in total. The molecule has 0 unspecified atom stereocenters. The van der Waals surface area contributed by atoms with E-state index in [1.165, 1.54) is 28.8 Å². The van der Waals surface area contributed by atoms with Gasteiger partial charge in [-0.1, -0.05) is 23.7 Å². The number of rotatable bonds is 2. The monoisotopic (exact) mass is 405 g/mol. The highest BCUT2D eigenvalue weighted by molar-refractivity contribution is 6.30. The fourth-order valence-electron chi connectivity index (χ4n) is 3.41. The second-order valence-electron chi connectivity index (χ2n) is 6.60. The summed E-state index contributed by atoms with van der Waals surface area (Å²) in [5.74, 6) is -0.370. The summed E-state index contributed by atoms with van der Waals surface area (Å²) in [5.41, 5.74) is 3.96. The second kappa shape index (κ2) is 6.49. The van der Waals surface area contributed by atoms with Crippen molar-refractivity contribution in [2.24, 2.45) is 0 Å². The van der Waals surface area contributed by atoms with Crippen LogP contribution in [0.1, 0.15) is 5.69 Å². The highest BCUT2D eigenvalue weighted by Gasteiger charge is 2.17. The summed E-state index contributed by atoms with van der Waals surface area (Å²) in [6, 6.07) is 14.8. The van der Waals surface area contributed by atoms with Gasteiger partial charge in [-0.05, 0) is 55.0 Å². The Hall–Kier alpha value is -3.58. The van der Waals surface area contributed by atoms with E-state index in [-0.39, 0.29) is 16.9 Å². The molecule has 2 aromatic carbocycles. The van der Waals surface area contributed by atoms with Crippen LogP contribution >= 0.6 is 11.6 Å². The van der Waals surface area contributed by atoms with Crippen LogP contribution in [0.25, 0.3) is 33.5 Å². The van der Waals surface area contributed by atoms with Gasteiger partial charge >= 0.3 is 0 Å². The first-order valence-corrected chi connectivity index (χ1v) is 9.20. The molecule has 3 aromatic heterocycles. The van der Waals surface area contributed by atoms with E-state index in [4.69, 9.17) is 11.6 Å². The van der Waals surface area contributed by atoms with E-state index in [0.717, 1.165) is 16.8 Å². The zero-order chi connectivity index (χ0) is 20.1. The molecule has 142 valence electrons. The fourth-order valence-corrected chi connectivity index (χ4v) is 3.54. The van der Waals surface area contributed by atoms with E-state index in [1.807, 2.05) is 19.1 Å². The molecule has 0 saturated heterocycles. The Morgan fingerprint density at radius 3 is 2.41 bits per heavy atom. The van der Waals surface area contributed by atoms with E-state index >= 15 is 0 Å². The van der Waals surface area contributed by atoms with Crippen LogP contribution in [0.4, 0.5) is 4.39 Å². The zero-order valence-electron chi connectivity index (χ0n) is 15.2. The summed E-state index contributed by atoms with van der Waals surface area (Å²) in [6.45, 7) is 1.88. The summed E-state index contributed by atoms with van der Waals surface area (Å²) in [4.78, 5) is 13.0. The minimum atomic E-state index is -0.370. The summed E-state index contributed by atoms with van der Waals surface area (Å²) < 4.78 is 16.2. The second-order valence-corrected chi connectivity index (χ2v) is 7.04. The lowest BCUT2D eigenvalue weighted by Gasteiger charge is -2.07.